The van der Waals surface area contributed by atoms with Gasteiger partial charge in [0.1, 0.15) is 0 Å². The van der Waals surface area contributed by atoms with Crippen LogP contribution in [-0.2, 0) is 6.54 Å². The number of aryl methyl sites for hydroxylation is 2. The first kappa shape index (κ1) is 18.5. The maximum Gasteiger partial charge on any atom is 0.209 e. The lowest BCUT2D eigenvalue weighted by Gasteiger charge is -2.11. The third-order valence-electron chi connectivity index (χ3n) is 4.26. The van der Waals surface area contributed by atoms with Crippen LogP contribution in [0.25, 0.3) is 5.57 Å². The van der Waals surface area contributed by atoms with Gasteiger partial charge < -0.3 is 9.88 Å². The minimum atomic E-state index is 0.462. The van der Waals surface area contributed by atoms with E-state index in [0.29, 0.717) is 12.5 Å². The van der Waals surface area contributed by atoms with Crippen LogP contribution in [0.3, 0.4) is 0 Å². The second-order valence-electron chi connectivity index (χ2n) is 6.42. The van der Waals surface area contributed by atoms with E-state index in [1.165, 1.54) is 11.1 Å². The summed E-state index contributed by atoms with van der Waals surface area (Å²) in [4.78, 5) is 8.67. The van der Waals surface area contributed by atoms with Gasteiger partial charge in [-0.25, -0.2) is 4.98 Å². The molecule has 6 nitrogen and oxygen atoms in total. The molecule has 1 heterocycles. The summed E-state index contributed by atoms with van der Waals surface area (Å²) in [5.41, 5.74) is 4.35. The molecule has 0 bridgehead atoms. The Kier molecular flexibility index (Phi) is 6.42. The summed E-state index contributed by atoms with van der Waals surface area (Å²) in [7, 11) is 0. The van der Waals surface area contributed by atoms with Crippen molar-refractivity contribution < 1.29 is 0 Å². The lowest BCUT2D eigenvalue weighted by atomic mass is 9.99. The van der Waals surface area contributed by atoms with Crippen molar-refractivity contribution >= 4 is 17.2 Å². The molecule has 0 unspecified atom stereocenters. The Morgan fingerprint density at radius 3 is 2.81 bits per heavy atom. The Balaban J connectivity index is 1.55. The molecule has 0 radical (unpaired) electrons. The predicted octanol–water partition coefficient (Wildman–Crippen LogP) is 3.85. The molecule has 0 aliphatic heterocycles. The predicted molar refractivity (Wildman–Crippen MR) is 109 cm³/mol. The van der Waals surface area contributed by atoms with E-state index in [-0.39, 0.29) is 0 Å². The number of guanidine groups is 1. The van der Waals surface area contributed by atoms with Crippen molar-refractivity contribution in [3.05, 3.63) is 66.3 Å². The zero-order chi connectivity index (χ0) is 18.9. The number of anilines is 1. The molecule has 27 heavy (non-hydrogen) atoms. The van der Waals surface area contributed by atoms with E-state index in [0.717, 1.165) is 37.2 Å². The maximum absolute atomic E-state index is 8.96. The van der Waals surface area contributed by atoms with Gasteiger partial charge in [-0.1, -0.05) is 30.4 Å². The van der Waals surface area contributed by atoms with E-state index >= 15 is 0 Å². The van der Waals surface area contributed by atoms with Crippen molar-refractivity contribution in [1.29, 1.82) is 5.26 Å². The molecule has 1 aromatic heterocycles. The molecular weight excluding hydrogens is 336 g/mol. The first-order chi connectivity index (χ1) is 13.2. The Morgan fingerprint density at radius 2 is 2.15 bits per heavy atom. The summed E-state index contributed by atoms with van der Waals surface area (Å²) in [6, 6.07) is 8.16. The van der Waals surface area contributed by atoms with Gasteiger partial charge in [0, 0.05) is 25.0 Å². The lowest BCUT2D eigenvalue weighted by Crippen LogP contribution is -2.27. The number of hydrogen-bond donors (Lipinski definition) is 2. The SMILES string of the molecule is Cc1cn(CCCN=C(NC#N)Nc2ccc(C3=CCCC=C3)cc2)cn1. The van der Waals surface area contributed by atoms with Gasteiger partial charge >= 0.3 is 0 Å². The average Bonchev–Trinajstić information content (AvgIpc) is 3.12. The molecule has 2 aromatic rings. The quantitative estimate of drug-likeness (QED) is 0.270. The van der Waals surface area contributed by atoms with Crippen LogP contribution >= 0.6 is 0 Å². The van der Waals surface area contributed by atoms with Gasteiger partial charge in [0.15, 0.2) is 6.19 Å². The van der Waals surface area contributed by atoms with Crippen LogP contribution in [0, 0.1) is 18.4 Å². The van der Waals surface area contributed by atoms with Crippen molar-refractivity contribution in [2.75, 3.05) is 11.9 Å². The highest BCUT2D eigenvalue weighted by molar-refractivity contribution is 5.94. The molecule has 1 aliphatic rings. The number of aromatic nitrogens is 2. The summed E-state index contributed by atoms with van der Waals surface area (Å²) in [6.07, 6.45) is 15.5. The van der Waals surface area contributed by atoms with Crippen molar-refractivity contribution in [3.8, 4) is 6.19 Å². The number of aliphatic imine (C=N–C) groups is 1. The molecule has 0 amide bonds. The standard InChI is InChI=1S/C21H24N6/c1-17-14-27(16-25-17)13-5-12-23-21(24-15-22)26-20-10-8-19(9-11-20)18-6-3-2-4-7-18/h3,6-11,14,16H,2,4-5,12-13H2,1H3,(H2,23,24,26). The van der Waals surface area contributed by atoms with Gasteiger partial charge in [0.25, 0.3) is 0 Å². The Bertz CT molecular complexity index is 880. The summed E-state index contributed by atoms with van der Waals surface area (Å²) in [5, 5.41) is 14.7. The first-order valence-electron chi connectivity index (χ1n) is 9.17. The molecule has 3 rings (SSSR count). The zero-order valence-corrected chi connectivity index (χ0v) is 15.5. The maximum atomic E-state index is 8.96. The minimum Gasteiger partial charge on any atom is -0.337 e. The Morgan fingerprint density at radius 1 is 1.30 bits per heavy atom. The van der Waals surface area contributed by atoms with Gasteiger partial charge in [-0.05, 0) is 49.5 Å². The molecule has 2 N–H and O–H groups in total. The third-order valence-corrected chi connectivity index (χ3v) is 4.26. The molecule has 6 heteroatoms. The minimum absolute atomic E-state index is 0.462. The molecule has 0 saturated carbocycles. The van der Waals surface area contributed by atoms with Crippen molar-refractivity contribution in [2.45, 2.75) is 32.7 Å². The van der Waals surface area contributed by atoms with Crippen LogP contribution in [0.5, 0.6) is 0 Å². The van der Waals surface area contributed by atoms with E-state index in [1.54, 1.807) is 0 Å². The van der Waals surface area contributed by atoms with Crippen molar-refractivity contribution in [1.82, 2.24) is 14.9 Å². The Hall–Kier alpha value is -3.33. The van der Waals surface area contributed by atoms with Gasteiger partial charge in [0.05, 0.1) is 12.0 Å². The van der Waals surface area contributed by atoms with Crippen molar-refractivity contribution in [3.63, 3.8) is 0 Å². The fraction of sp³-hybridized carbons (Fsp3) is 0.286. The first-order valence-corrected chi connectivity index (χ1v) is 9.17. The zero-order valence-electron chi connectivity index (χ0n) is 15.5. The monoisotopic (exact) mass is 360 g/mol. The van der Waals surface area contributed by atoms with E-state index < -0.39 is 0 Å². The molecule has 1 aliphatic carbocycles. The van der Waals surface area contributed by atoms with E-state index in [2.05, 4.69) is 51.0 Å². The van der Waals surface area contributed by atoms with Crippen LogP contribution < -0.4 is 10.6 Å². The van der Waals surface area contributed by atoms with Crippen LogP contribution in [0.1, 0.15) is 30.5 Å². The number of benzene rings is 1. The number of nitriles is 1. The average molecular weight is 360 g/mol. The molecule has 1 aromatic carbocycles. The summed E-state index contributed by atoms with van der Waals surface area (Å²) >= 11 is 0. The number of rotatable bonds is 6. The smallest absolute Gasteiger partial charge is 0.209 e. The van der Waals surface area contributed by atoms with Gasteiger partial charge in [-0.15, -0.1) is 0 Å². The number of hydrogen-bond acceptors (Lipinski definition) is 3. The van der Waals surface area contributed by atoms with E-state index in [9.17, 15) is 0 Å². The Labute approximate surface area is 160 Å². The van der Waals surface area contributed by atoms with E-state index in [4.69, 9.17) is 5.26 Å². The van der Waals surface area contributed by atoms with Gasteiger partial charge in [-0.2, -0.15) is 5.26 Å². The van der Waals surface area contributed by atoms with Crippen molar-refractivity contribution in [2.24, 2.45) is 4.99 Å². The largest absolute Gasteiger partial charge is 0.337 e. The number of allylic oxidation sites excluding steroid dienone is 4. The fourth-order valence-electron chi connectivity index (χ4n) is 2.91. The van der Waals surface area contributed by atoms with Crippen LogP contribution in [0.15, 0.2) is 60.0 Å². The fourth-order valence-corrected chi connectivity index (χ4v) is 2.91. The highest BCUT2D eigenvalue weighted by atomic mass is 15.2. The second kappa shape index (κ2) is 9.39. The topological polar surface area (TPSA) is 78.0 Å². The highest BCUT2D eigenvalue weighted by Crippen LogP contribution is 2.22. The summed E-state index contributed by atoms with van der Waals surface area (Å²) in [6.45, 7) is 3.44. The number of nitrogens with one attached hydrogen (secondary N) is 2. The van der Waals surface area contributed by atoms with Gasteiger partial charge in [0.2, 0.25) is 5.96 Å². The normalized spacial score (nSPS) is 13.8. The number of imidazole rings is 1. The molecule has 138 valence electrons. The van der Waals surface area contributed by atoms with Crippen LogP contribution in [-0.4, -0.2) is 22.1 Å². The molecule has 0 atom stereocenters. The second-order valence-corrected chi connectivity index (χ2v) is 6.42. The van der Waals surface area contributed by atoms with E-state index in [1.807, 2.05) is 42.3 Å². The summed E-state index contributed by atoms with van der Waals surface area (Å²) in [5.74, 6) is 0.462. The molecular formula is C21H24N6. The molecule has 0 fully saturated rings. The highest BCUT2D eigenvalue weighted by Gasteiger charge is 2.03. The van der Waals surface area contributed by atoms with Gasteiger partial charge in [-0.3, -0.25) is 10.3 Å². The number of nitrogens with zero attached hydrogens (tertiary/aromatic N) is 4. The lowest BCUT2D eigenvalue weighted by molar-refractivity contribution is 0.650. The van der Waals surface area contributed by atoms with Crippen LogP contribution in [0.4, 0.5) is 5.69 Å². The van der Waals surface area contributed by atoms with Crippen LogP contribution in [0.2, 0.25) is 0 Å². The molecule has 0 saturated heterocycles. The summed E-state index contributed by atoms with van der Waals surface area (Å²) < 4.78 is 2.04. The third kappa shape index (κ3) is 5.58. The molecule has 0 spiro atoms.